The molecule has 1 amide bonds. The Bertz CT molecular complexity index is 696. The van der Waals surface area contributed by atoms with Gasteiger partial charge in [0.15, 0.2) is 0 Å². The van der Waals surface area contributed by atoms with Crippen LogP contribution in [0, 0.1) is 12.8 Å². The van der Waals surface area contributed by atoms with Crippen molar-refractivity contribution in [2.24, 2.45) is 5.92 Å². The quantitative estimate of drug-likeness (QED) is 0.862. The van der Waals surface area contributed by atoms with Crippen LogP contribution >= 0.6 is 0 Å². The highest BCUT2D eigenvalue weighted by molar-refractivity contribution is 6.05. The van der Waals surface area contributed by atoms with E-state index in [1.807, 2.05) is 43.3 Å². The number of amides is 1. The van der Waals surface area contributed by atoms with Crippen LogP contribution in [-0.2, 0) is 0 Å². The highest BCUT2D eigenvalue weighted by Gasteiger charge is 2.21. The fourth-order valence-corrected chi connectivity index (χ4v) is 3.30. The molecule has 1 aliphatic carbocycles. The normalized spacial score (nSPS) is 20.4. The number of carbonyl (C=O) groups is 1. The van der Waals surface area contributed by atoms with Crippen LogP contribution in [0.25, 0.3) is 0 Å². The highest BCUT2D eigenvalue weighted by Crippen LogP contribution is 2.26. The first kappa shape index (κ1) is 16.5. The van der Waals surface area contributed by atoms with Crippen molar-refractivity contribution in [3.05, 3.63) is 53.7 Å². The SMILES string of the molecule is Cc1ccccc1C(=O)Nc1ccc(NC2CCCCC2C)nc1. The van der Waals surface area contributed by atoms with Gasteiger partial charge in [0.2, 0.25) is 0 Å². The predicted octanol–water partition coefficient (Wildman–Crippen LogP) is 4.63. The van der Waals surface area contributed by atoms with Crippen molar-refractivity contribution in [3.8, 4) is 0 Å². The van der Waals surface area contributed by atoms with E-state index >= 15 is 0 Å². The molecule has 0 radical (unpaired) electrons. The standard InChI is InChI=1S/C20H25N3O/c1-14-7-3-5-9-17(14)20(24)22-16-11-12-19(21-13-16)23-18-10-6-4-8-15(18)2/h3,5,7,9,11-13,15,18H,4,6,8,10H2,1-2H3,(H,21,23)(H,22,24). The molecule has 1 aliphatic rings. The summed E-state index contributed by atoms with van der Waals surface area (Å²) in [5, 5.41) is 6.44. The number of carbonyl (C=O) groups excluding carboxylic acids is 1. The zero-order valence-electron chi connectivity index (χ0n) is 14.4. The molecule has 0 spiro atoms. The van der Waals surface area contributed by atoms with E-state index in [-0.39, 0.29) is 5.91 Å². The van der Waals surface area contributed by atoms with Gasteiger partial charge in [-0.25, -0.2) is 4.98 Å². The van der Waals surface area contributed by atoms with Gasteiger partial charge in [0, 0.05) is 11.6 Å². The molecule has 2 unspecified atom stereocenters. The van der Waals surface area contributed by atoms with Gasteiger partial charge in [-0.1, -0.05) is 38.0 Å². The van der Waals surface area contributed by atoms with Gasteiger partial charge in [-0.05, 0) is 49.4 Å². The van der Waals surface area contributed by atoms with Gasteiger partial charge < -0.3 is 10.6 Å². The summed E-state index contributed by atoms with van der Waals surface area (Å²) < 4.78 is 0. The van der Waals surface area contributed by atoms with Gasteiger partial charge in [0.25, 0.3) is 5.91 Å². The minimum absolute atomic E-state index is 0.100. The van der Waals surface area contributed by atoms with E-state index in [1.54, 1.807) is 6.20 Å². The van der Waals surface area contributed by atoms with Gasteiger partial charge in [0.1, 0.15) is 5.82 Å². The lowest BCUT2D eigenvalue weighted by Crippen LogP contribution is -2.30. The zero-order chi connectivity index (χ0) is 16.9. The molecular formula is C20H25N3O. The second kappa shape index (κ2) is 7.47. The maximum Gasteiger partial charge on any atom is 0.255 e. The van der Waals surface area contributed by atoms with Gasteiger partial charge in [-0.15, -0.1) is 0 Å². The molecule has 1 aromatic heterocycles. The van der Waals surface area contributed by atoms with Crippen molar-refractivity contribution in [1.29, 1.82) is 0 Å². The number of hydrogen-bond acceptors (Lipinski definition) is 3. The third kappa shape index (κ3) is 3.94. The summed E-state index contributed by atoms with van der Waals surface area (Å²) in [4.78, 5) is 16.8. The smallest absolute Gasteiger partial charge is 0.255 e. The maximum absolute atomic E-state index is 12.3. The van der Waals surface area contributed by atoms with E-state index in [0.717, 1.165) is 11.4 Å². The number of aromatic nitrogens is 1. The van der Waals surface area contributed by atoms with Crippen LogP contribution < -0.4 is 10.6 Å². The summed E-state index contributed by atoms with van der Waals surface area (Å²) in [6.45, 7) is 4.24. The van der Waals surface area contributed by atoms with Crippen molar-refractivity contribution in [2.45, 2.75) is 45.6 Å². The first-order valence-electron chi connectivity index (χ1n) is 8.73. The second-order valence-corrected chi connectivity index (χ2v) is 6.71. The Hall–Kier alpha value is -2.36. The molecule has 0 aliphatic heterocycles. The molecule has 24 heavy (non-hydrogen) atoms. The van der Waals surface area contributed by atoms with Crippen LogP contribution in [0.3, 0.4) is 0 Å². The molecule has 3 rings (SSSR count). The molecule has 1 saturated carbocycles. The molecule has 1 aromatic carbocycles. The molecular weight excluding hydrogens is 298 g/mol. The van der Waals surface area contributed by atoms with Gasteiger partial charge in [-0.2, -0.15) is 0 Å². The average molecular weight is 323 g/mol. The number of pyridine rings is 1. The van der Waals surface area contributed by atoms with Crippen LogP contribution in [-0.4, -0.2) is 16.9 Å². The van der Waals surface area contributed by atoms with Crippen molar-refractivity contribution < 1.29 is 4.79 Å². The van der Waals surface area contributed by atoms with Crippen LogP contribution in [0.4, 0.5) is 11.5 Å². The lowest BCUT2D eigenvalue weighted by Gasteiger charge is -2.29. The third-order valence-electron chi connectivity index (χ3n) is 4.86. The number of nitrogens with one attached hydrogen (secondary N) is 2. The van der Waals surface area contributed by atoms with Gasteiger partial charge in [-0.3, -0.25) is 4.79 Å². The fraction of sp³-hybridized carbons (Fsp3) is 0.400. The van der Waals surface area contributed by atoms with E-state index in [0.29, 0.717) is 23.2 Å². The maximum atomic E-state index is 12.3. The molecule has 4 heteroatoms. The van der Waals surface area contributed by atoms with Gasteiger partial charge >= 0.3 is 0 Å². The largest absolute Gasteiger partial charge is 0.367 e. The van der Waals surface area contributed by atoms with Crippen LogP contribution in [0.1, 0.15) is 48.5 Å². The second-order valence-electron chi connectivity index (χ2n) is 6.71. The lowest BCUT2D eigenvalue weighted by molar-refractivity contribution is 0.102. The Balaban J connectivity index is 1.62. The van der Waals surface area contributed by atoms with E-state index in [2.05, 4.69) is 22.5 Å². The Labute approximate surface area is 143 Å². The predicted molar refractivity (Wildman–Crippen MR) is 98.4 cm³/mol. The Kier molecular flexibility index (Phi) is 5.14. The monoisotopic (exact) mass is 323 g/mol. The lowest BCUT2D eigenvalue weighted by atomic mass is 9.86. The molecule has 4 nitrogen and oxygen atoms in total. The summed E-state index contributed by atoms with van der Waals surface area (Å²) >= 11 is 0. The minimum atomic E-state index is -0.100. The topological polar surface area (TPSA) is 54.0 Å². The summed E-state index contributed by atoms with van der Waals surface area (Å²) in [5.74, 6) is 1.46. The van der Waals surface area contributed by atoms with Crippen molar-refractivity contribution in [2.75, 3.05) is 10.6 Å². The van der Waals surface area contributed by atoms with E-state index < -0.39 is 0 Å². The Morgan fingerprint density at radius 3 is 2.62 bits per heavy atom. The number of hydrogen-bond donors (Lipinski definition) is 2. The minimum Gasteiger partial charge on any atom is -0.367 e. The van der Waals surface area contributed by atoms with E-state index in [4.69, 9.17) is 0 Å². The van der Waals surface area contributed by atoms with E-state index in [9.17, 15) is 4.79 Å². The molecule has 126 valence electrons. The molecule has 2 atom stereocenters. The van der Waals surface area contributed by atoms with Crippen LogP contribution in [0.5, 0.6) is 0 Å². The van der Waals surface area contributed by atoms with Crippen molar-refractivity contribution in [3.63, 3.8) is 0 Å². The molecule has 0 bridgehead atoms. The van der Waals surface area contributed by atoms with Gasteiger partial charge in [0.05, 0.1) is 11.9 Å². The number of aryl methyl sites for hydroxylation is 1. The van der Waals surface area contributed by atoms with Crippen LogP contribution in [0.2, 0.25) is 0 Å². The Morgan fingerprint density at radius 2 is 1.92 bits per heavy atom. The van der Waals surface area contributed by atoms with Crippen LogP contribution in [0.15, 0.2) is 42.6 Å². The molecule has 1 fully saturated rings. The average Bonchev–Trinajstić information content (AvgIpc) is 2.59. The first-order chi connectivity index (χ1) is 11.6. The first-order valence-corrected chi connectivity index (χ1v) is 8.73. The number of anilines is 2. The molecule has 2 N–H and O–H groups in total. The Morgan fingerprint density at radius 1 is 1.12 bits per heavy atom. The van der Waals surface area contributed by atoms with Crippen molar-refractivity contribution in [1.82, 2.24) is 4.98 Å². The highest BCUT2D eigenvalue weighted by atomic mass is 16.1. The number of nitrogens with zero attached hydrogens (tertiary/aromatic N) is 1. The fourth-order valence-electron chi connectivity index (χ4n) is 3.30. The summed E-state index contributed by atoms with van der Waals surface area (Å²) in [7, 11) is 0. The summed E-state index contributed by atoms with van der Waals surface area (Å²) in [5.41, 5.74) is 2.37. The van der Waals surface area contributed by atoms with E-state index in [1.165, 1.54) is 25.7 Å². The number of benzene rings is 1. The third-order valence-corrected chi connectivity index (χ3v) is 4.86. The molecule has 1 heterocycles. The number of rotatable bonds is 4. The molecule has 2 aromatic rings. The van der Waals surface area contributed by atoms with Crippen molar-refractivity contribution >= 4 is 17.4 Å². The molecule has 0 saturated heterocycles. The summed E-state index contributed by atoms with van der Waals surface area (Å²) in [6.07, 6.45) is 6.81. The zero-order valence-corrected chi connectivity index (χ0v) is 14.4. The summed E-state index contributed by atoms with van der Waals surface area (Å²) in [6, 6.07) is 11.9.